The Bertz CT molecular complexity index is 267. The smallest absolute Gasteiger partial charge is 0.303 e. The second-order valence-corrected chi connectivity index (χ2v) is 5.36. The fraction of sp³-hybridized carbons (Fsp3) is 0.722. The Labute approximate surface area is 125 Å². The summed E-state index contributed by atoms with van der Waals surface area (Å²) >= 11 is 0. The van der Waals surface area contributed by atoms with E-state index in [9.17, 15) is 4.79 Å². The molecule has 0 aliphatic rings. The van der Waals surface area contributed by atoms with Gasteiger partial charge in [-0.3, -0.25) is 4.79 Å². The van der Waals surface area contributed by atoms with E-state index in [0.717, 1.165) is 25.7 Å². The van der Waals surface area contributed by atoms with Crippen molar-refractivity contribution in [3.63, 3.8) is 0 Å². The van der Waals surface area contributed by atoms with Gasteiger partial charge < -0.3 is 5.11 Å². The molecule has 0 spiro atoms. The second kappa shape index (κ2) is 16.0. The molecule has 0 saturated heterocycles. The van der Waals surface area contributed by atoms with Gasteiger partial charge in [-0.15, -0.1) is 0 Å². The van der Waals surface area contributed by atoms with Gasteiger partial charge in [0.2, 0.25) is 0 Å². The van der Waals surface area contributed by atoms with Crippen LogP contribution in [0, 0.1) is 0 Å². The molecule has 0 amide bonds. The summed E-state index contributed by atoms with van der Waals surface area (Å²) in [6.45, 7) is 2.25. The number of unbranched alkanes of at least 4 members (excludes halogenated alkanes) is 8. The van der Waals surface area contributed by atoms with Crippen molar-refractivity contribution in [2.24, 2.45) is 0 Å². The predicted octanol–water partition coefficient (Wildman–Crippen LogP) is 5.88. The van der Waals surface area contributed by atoms with Gasteiger partial charge in [0.25, 0.3) is 0 Å². The lowest BCUT2D eigenvalue weighted by Crippen LogP contribution is -1.92. The topological polar surface area (TPSA) is 37.3 Å². The van der Waals surface area contributed by atoms with Crippen molar-refractivity contribution in [3.05, 3.63) is 24.3 Å². The molecule has 20 heavy (non-hydrogen) atoms. The summed E-state index contributed by atoms with van der Waals surface area (Å²) in [5, 5.41) is 8.48. The van der Waals surface area contributed by atoms with Crippen molar-refractivity contribution in [2.75, 3.05) is 0 Å². The Hall–Kier alpha value is -1.05. The van der Waals surface area contributed by atoms with E-state index in [1.165, 1.54) is 44.9 Å². The minimum absolute atomic E-state index is 0.280. The number of aliphatic carboxylic acids is 1. The van der Waals surface area contributed by atoms with Gasteiger partial charge in [-0.25, -0.2) is 0 Å². The number of carbonyl (C=O) groups is 1. The Balaban J connectivity index is 3.19. The van der Waals surface area contributed by atoms with Gasteiger partial charge in [0.15, 0.2) is 0 Å². The van der Waals surface area contributed by atoms with Gasteiger partial charge in [0, 0.05) is 6.42 Å². The monoisotopic (exact) mass is 280 g/mol. The third-order valence-corrected chi connectivity index (χ3v) is 3.32. The van der Waals surface area contributed by atoms with Crippen LogP contribution >= 0.6 is 0 Å². The van der Waals surface area contributed by atoms with Gasteiger partial charge in [-0.05, 0) is 38.5 Å². The molecule has 0 bridgehead atoms. The fourth-order valence-corrected chi connectivity index (χ4v) is 2.08. The number of allylic oxidation sites excluding steroid dienone is 4. The van der Waals surface area contributed by atoms with E-state index in [4.69, 9.17) is 5.11 Å². The SMILES string of the molecule is CCCCCCCCC=CCCC=CCCCC(=O)O. The first-order chi connectivity index (χ1) is 9.77. The van der Waals surface area contributed by atoms with Crippen LogP contribution in [0.1, 0.15) is 84.0 Å². The summed E-state index contributed by atoms with van der Waals surface area (Å²) in [7, 11) is 0. The van der Waals surface area contributed by atoms with Crippen molar-refractivity contribution >= 4 is 5.97 Å². The molecule has 0 aliphatic carbocycles. The summed E-state index contributed by atoms with van der Waals surface area (Å²) in [5.41, 5.74) is 0. The van der Waals surface area contributed by atoms with E-state index in [1.54, 1.807) is 0 Å². The highest BCUT2D eigenvalue weighted by molar-refractivity contribution is 5.66. The van der Waals surface area contributed by atoms with E-state index in [-0.39, 0.29) is 6.42 Å². The summed E-state index contributed by atoms with van der Waals surface area (Å²) in [5.74, 6) is -0.698. The van der Waals surface area contributed by atoms with Crippen molar-refractivity contribution in [3.8, 4) is 0 Å². The molecule has 0 fully saturated rings. The molecule has 0 aromatic carbocycles. The molecular weight excluding hydrogens is 248 g/mol. The zero-order chi connectivity index (χ0) is 14.9. The molecule has 0 heterocycles. The van der Waals surface area contributed by atoms with E-state index < -0.39 is 5.97 Å². The molecule has 0 radical (unpaired) electrons. The lowest BCUT2D eigenvalue weighted by molar-refractivity contribution is -0.137. The maximum absolute atomic E-state index is 10.3. The van der Waals surface area contributed by atoms with Crippen LogP contribution in [0.4, 0.5) is 0 Å². The summed E-state index contributed by atoms with van der Waals surface area (Å²) in [4.78, 5) is 10.3. The van der Waals surface area contributed by atoms with Crippen molar-refractivity contribution in [1.82, 2.24) is 0 Å². The van der Waals surface area contributed by atoms with Crippen LogP contribution in [0.2, 0.25) is 0 Å². The highest BCUT2D eigenvalue weighted by Crippen LogP contribution is 2.07. The summed E-state index contributed by atoms with van der Waals surface area (Å²) in [6, 6.07) is 0. The van der Waals surface area contributed by atoms with Gasteiger partial charge in [-0.2, -0.15) is 0 Å². The molecule has 1 N–H and O–H groups in total. The third kappa shape index (κ3) is 16.9. The number of carboxylic acids is 1. The molecule has 116 valence electrons. The molecule has 0 aromatic rings. The van der Waals surface area contributed by atoms with Crippen molar-refractivity contribution in [2.45, 2.75) is 84.0 Å². The Kier molecular flexibility index (Phi) is 15.2. The molecule has 0 rings (SSSR count). The molecule has 0 aromatic heterocycles. The van der Waals surface area contributed by atoms with Crippen LogP contribution in [0.15, 0.2) is 24.3 Å². The molecule has 2 heteroatoms. The lowest BCUT2D eigenvalue weighted by atomic mass is 10.1. The van der Waals surface area contributed by atoms with Crippen LogP contribution < -0.4 is 0 Å². The Morgan fingerprint density at radius 2 is 1.25 bits per heavy atom. The van der Waals surface area contributed by atoms with Crippen LogP contribution in [0.3, 0.4) is 0 Å². The average Bonchev–Trinajstić information content (AvgIpc) is 2.43. The molecular formula is C18H32O2. The van der Waals surface area contributed by atoms with Crippen LogP contribution in [-0.4, -0.2) is 11.1 Å². The highest BCUT2D eigenvalue weighted by Gasteiger charge is 1.92. The average molecular weight is 280 g/mol. The number of hydrogen-bond donors (Lipinski definition) is 1. The van der Waals surface area contributed by atoms with E-state index >= 15 is 0 Å². The minimum atomic E-state index is -0.698. The quantitative estimate of drug-likeness (QED) is 0.318. The zero-order valence-corrected chi connectivity index (χ0v) is 13.2. The fourth-order valence-electron chi connectivity index (χ4n) is 2.08. The van der Waals surface area contributed by atoms with Crippen molar-refractivity contribution < 1.29 is 9.90 Å². The van der Waals surface area contributed by atoms with Crippen LogP contribution in [0.5, 0.6) is 0 Å². The van der Waals surface area contributed by atoms with E-state index in [2.05, 4.69) is 31.2 Å². The third-order valence-electron chi connectivity index (χ3n) is 3.32. The Morgan fingerprint density at radius 1 is 0.750 bits per heavy atom. The standard InChI is InChI=1S/C18H32O2/c1-2-3-4-5-6-7-8-9-10-11-12-13-14-15-16-17-18(19)20/h9-10,13-14H,2-8,11-12,15-17H2,1H3,(H,19,20). The maximum Gasteiger partial charge on any atom is 0.303 e. The molecule has 0 unspecified atom stereocenters. The van der Waals surface area contributed by atoms with Crippen LogP contribution in [0.25, 0.3) is 0 Å². The molecule has 0 aliphatic heterocycles. The summed E-state index contributed by atoms with van der Waals surface area (Å²) in [6.07, 6.45) is 22.3. The number of hydrogen-bond acceptors (Lipinski definition) is 1. The first-order valence-electron chi connectivity index (χ1n) is 8.29. The molecule has 0 saturated carbocycles. The minimum Gasteiger partial charge on any atom is -0.481 e. The summed E-state index contributed by atoms with van der Waals surface area (Å²) < 4.78 is 0. The van der Waals surface area contributed by atoms with Crippen LogP contribution in [-0.2, 0) is 4.79 Å². The van der Waals surface area contributed by atoms with Gasteiger partial charge in [0.1, 0.15) is 0 Å². The maximum atomic E-state index is 10.3. The van der Waals surface area contributed by atoms with Gasteiger partial charge in [-0.1, -0.05) is 63.3 Å². The second-order valence-electron chi connectivity index (χ2n) is 5.36. The molecule has 2 nitrogen and oxygen atoms in total. The molecule has 0 atom stereocenters. The predicted molar refractivity (Wildman–Crippen MR) is 87.0 cm³/mol. The Morgan fingerprint density at radius 3 is 1.85 bits per heavy atom. The first-order valence-corrected chi connectivity index (χ1v) is 8.29. The number of carboxylic acid groups (broad SMARTS) is 1. The lowest BCUT2D eigenvalue weighted by Gasteiger charge is -1.97. The number of rotatable bonds is 14. The van der Waals surface area contributed by atoms with E-state index in [1.807, 2.05) is 0 Å². The largest absolute Gasteiger partial charge is 0.481 e. The van der Waals surface area contributed by atoms with Gasteiger partial charge in [0.05, 0.1) is 0 Å². The zero-order valence-electron chi connectivity index (χ0n) is 13.2. The normalized spacial score (nSPS) is 11.7. The highest BCUT2D eigenvalue weighted by atomic mass is 16.4. The van der Waals surface area contributed by atoms with Gasteiger partial charge >= 0.3 is 5.97 Å². The van der Waals surface area contributed by atoms with E-state index in [0.29, 0.717) is 0 Å². The first kappa shape index (κ1) is 18.9. The van der Waals surface area contributed by atoms with Crippen molar-refractivity contribution in [1.29, 1.82) is 0 Å².